The summed E-state index contributed by atoms with van der Waals surface area (Å²) in [5.74, 6) is -0.428. The van der Waals surface area contributed by atoms with Crippen LogP contribution in [0.15, 0.2) is 36.5 Å². The number of ether oxygens (including phenoxy) is 3. The number of aryl methyl sites for hydroxylation is 2. The van der Waals surface area contributed by atoms with E-state index in [2.05, 4.69) is 4.98 Å². The first-order chi connectivity index (χ1) is 21.4. The minimum Gasteiger partial charge on any atom is -0.493 e. The number of halogens is 2. The summed E-state index contributed by atoms with van der Waals surface area (Å²) in [6, 6.07) is 7.85. The summed E-state index contributed by atoms with van der Waals surface area (Å²) in [4.78, 5) is 17.0. The van der Waals surface area contributed by atoms with E-state index in [1.807, 2.05) is 52.8 Å². The van der Waals surface area contributed by atoms with Gasteiger partial charge in [0.15, 0.2) is 0 Å². The standard InChI is InChI=1S/C37H43F2NO6/c1-19-8-24(44-17-21-14-36(6,42)37(7,43)15-21)9-20(2)31(19)25-11-23(28(38)13-29(25)39)18-45-30-12-22-10-26-32(27(22)16-40-30)33(26)34(41)46-35(3,4)5/h8-9,11-13,16,21,26,32-33,42-43H,10,14-15,17-18H2,1-7H3/t21?,26-,32-,33+,36-,37+/m1/s1. The normalized spacial score (nSPS) is 28.1. The molecule has 0 saturated heterocycles. The van der Waals surface area contributed by atoms with Crippen LogP contribution in [0, 0.1) is 43.2 Å². The maximum atomic E-state index is 15.2. The fraction of sp³-hybridized carbons (Fsp3) is 0.514. The number of benzene rings is 2. The van der Waals surface area contributed by atoms with E-state index in [0.717, 1.165) is 34.7 Å². The van der Waals surface area contributed by atoms with E-state index >= 15 is 4.39 Å². The van der Waals surface area contributed by atoms with Gasteiger partial charge in [-0.2, -0.15) is 0 Å². The van der Waals surface area contributed by atoms with E-state index < -0.39 is 28.4 Å². The quantitative estimate of drug-likeness (QED) is 0.265. The number of carbonyl (C=O) groups excluding carboxylic acids is 1. The molecular formula is C37H43F2NO6. The lowest BCUT2D eigenvalue weighted by molar-refractivity contribution is -0.157. The molecule has 2 saturated carbocycles. The number of nitrogens with zero attached hydrogens (tertiary/aromatic N) is 1. The topological polar surface area (TPSA) is 98.1 Å². The third-order valence-corrected chi connectivity index (χ3v) is 9.97. The number of esters is 1. The zero-order valence-electron chi connectivity index (χ0n) is 27.5. The van der Waals surface area contributed by atoms with Crippen LogP contribution in [0.4, 0.5) is 8.78 Å². The average molecular weight is 636 g/mol. The molecule has 0 amide bonds. The Bertz CT molecular complexity index is 1650. The van der Waals surface area contributed by atoms with Gasteiger partial charge in [-0.05, 0) is 126 Å². The van der Waals surface area contributed by atoms with Gasteiger partial charge < -0.3 is 24.4 Å². The number of hydrogen-bond acceptors (Lipinski definition) is 7. The second kappa shape index (κ2) is 11.3. The van der Waals surface area contributed by atoms with Crippen LogP contribution in [0.3, 0.4) is 0 Å². The predicted molar refractivity (Wildman–Crippen MR) is 169 cm³/mol. The third kappa shape index (κ3) is 6.11. The SMILES string of the molecule is Cc1cc(OCC2C[C@](C)(O)[C@](C)(O)C2)cc(C)c1-c1cc(COc2cc3c(cn2)[C@H]2[C@@H](C3)[C@@H]2C(=O)OC(C)(C)C)c(F)cc1F. The lowest BCUT2D eigenvalue weighted by Gasteiger charge is -2.31. The molecule has 1 aromatic heterocycles. The van der Waals surface area contributed by atoms with Crippen molar-refractivity contribution in [2.45, 2.75) is 97.1 Å². The van der Waals surface area contributed by atoms with Crippen LogP contribution in [0.5, 0.6) is 11.6 Å². The van der Waals surface area contributed by atoms with Crippen molar-refractivity contribution in [1.82, 2.24) is 4.98 Å². The van der Waals surface area contributed by atoms with Crippen molar-refractivity contribution in [1.29, 1.82) is 0 Å². The maximum Gasteiger partial charge on any atom is 0.310 e. The average Bonchev–Trinajstić information content (AvgIpc) is 3.44. The summed E-state index contributed by atoms with van der Waals surface area (Å²) in [7, 11) is 0. The number of hydrogen-bond donors (Lipinski definition) is 2. The third-order valence-electron chi connectivity index (χ3n) is 9.97. The largest absolute Gasteiger partial charge is 0.493 e. The Hall–Kier alpha value is -3.56. The molecule has 9 heteroatoms. The van der Waals surface area contributed by atoms with E-state index in [-0.39, 0.29) is 47.4 Å². The Morgan fingerprint density at radius 1 is 0.978 bits per heavy atom. The van der Waals surface area contributed by atoms with Gasteiger partial charge in [-0.25, -0.2) is 13.8 Å². The lowest BCUT2D eigenvalue weighted by atomic mass is 9.90. The van der Waals surface area contributed by atoms with Gasteiger partial charge in [0.25, 0.3) is 0 Å². The molecule has 1 unspecified atom stereocenters. The van der Waals surface area contributed by atoms with Gasteiger partial charge in [0.1, 0.15) is 29.6 Å². The second-order valence-corrected chi connectivity index (χ2v) is 15.0. The molecule has 0 aliphatic heterocycles. The molecule has 246 valence electrons. The summed E-state index contributed by atoms with van der Waals surface area (Å²) in [6.45, 7) is 12.8. The summed E-state index contributed by atoms with van der Waals surface area (Å²) in [5, 5.41) is 21.0. The molecule has 2 aromatic carbocycles. The molecule has 0 bridgehead atoms. The van der Waals surface area contributed by atoms with Crippen LogP contribution in [0.25, 0.3) is 11.1 Å². The molecule has 0 spiro atoms. The van der Waals surface area contributed by atoms with E-state index in [0.29, 0.717) is 36.6 Å². The van der Waals surface area contributed by atoms with Crippen LogP contribution >= 0.6 is 0 Å². The Labute approximate surface area is 268 Å². The molecule has 3 aliphatic rings. The molecule has 2 N–H and O–H groups in total. The van der Waals surface area contributed by atoms with Crippen molar-refractivity contribution in [2.75, 3.05) is 6.61 Å². The van der Waals surface area contributed by atoms with Crippen molar-refractivity contribution in [2.24, 2.45) is 17.8 Å². The fourth-order valence-corrected chi connectivity index (χ4v) is 7.49. The van der Waals surface area contributed by atoms with E-state index in [1.54, 1.807) is 20.0 Å². The number of aliphatic hydroxyl groups is 2. The first-order valence-corrected chi connectivity index (χ1v) is 16.0. The Balaban J connectivity index is 1.13. The van der Waals surface area contributed by atoms with Crippen molar-refractivity contribution >= 4 is 5.97 Å². The van der Waals surface area contributed by atoms with Crippen LogP contribution in [0.1, 0.15) is 81.2 Å². The molecule has 3 aliphatic carbocycles. The van der Waals surface area contributed by atoms with Crippen LogP contribution < -0.4 is 9.47 Å². The highest BCUT2D eigenvalue weighted by Crippen LogP contribution is 2.62. The predicted octanol–water partition coefficient (Wildman–Crippen LogP) is 6.74. The summed E-state index contributed by atoms with van der Waals surface area (Å²) >= 11 is 0. The molecular weight excluding hydrogens is 592 g/mol. The molecule has 2 fully saturated rings. The van der Waals surface area contributed by atoms with Gasteiger partial charge in [-0.3, -0.25) is 4.79 Å². The van der Waals surface area contributed by atoms with Gasteiger partial charge in [-0.1, -0.05) is 0 Å². The van der Waals surface area contributed by atoms with E-state index in [4.69, 9.17) is 14.2 Å². The van der Waals surface area contributed by atoms with Crippen molar-refractivity contribution < 1.29 is 38.0 Å². The summed E-state index contributed by atoms with van der Waals surface area (Å²) in [5.41, 5.74) is 1.85. The summed E-state index contributed by atoms with van der Waals surface area (Å²) in [6.07, 6.45) is 3.33. The maximum absolute atomic E-state index is 15.2. The van der Waals surface area contributed by atoms with Gasteiger partial charge >= 0.3 is 5.97 Å². The fourth-order valence-electron chi connectivity index (χ4n) is 7.49. The first-order valence-electron chi connectivity index (χ1n) is 16.0. The molecule has 7 nitrogen and oxygen atoms in total. The van der Waals surface area contributed by atoms with Gasteiger partial charge in [0.2, 0.25) is 5.88 Å². The van der Waals surface area contributed by atoms with E-state index in [1.165, 1.54) is 6.07 Å². The minimum absolute atomic E-state index is 0.0117. The number of fused-ring (bicyclic) bond motifs is 3. The van der Waals surface area contributed by atoms with Crippen LogP contribution in [-0.2, 0) is 22.6 Å². The van der Waals surface area contributed by atoms with Gasteiger partial charge in [0, 0.05) is 35.4 Å². The number of aromatic nitrogens is 1. The lowest BCUT2D eigenvalue weighted by Crippen LogP contribution is -2.44. The number of carbonyl (C=O) groups is 1. The molecule has 3 aromatic rings. The Morgan fingerprint density at radius 2 is 1.63 bits per heavy atom. The zero-order valence-corrected chi connectivity index (χ0v) is 27.5. The van der Waals surface area contributed by atoms with Crippen LogP contribution in [0.2, 0.25) is 0 Å². The Kier molecular flexibility index (Phi) is 7.96. The van der Waals surface area contributed by atoms with Gasteiger partial charge in [0.05, 0.1) is 23.7 Å². The van der Waals surface area contributed by atoms with Crippen molar-refractivity contribution in [3.05, 3.63) is 76.0 Å². The van der Waals surface area contributed by atoms with Gasteiger partial charge in [-0.15, -0.1) is 0 Å². The second-order valence-electron chi connectivity index (χ2n) is 15.0. The Morgan fingerprint density at radius 3 is 2.26 bits per heavy atom. The monoisotopic (exact) mass is 635 g/mol. The number of rotatable bonds is 8. The van der Waals surface area contributed by atoms with Crippen molar-refractivity contribution in [3.8, 4) is 22.8 Å². The zero-order chi connectivity index (χ0) is 33.3. The highest BCUT2D eigenvalue weighted by Gasteiger charge is 2.61. The molecule has 46 heavy (non-hydrogen) atoms. The highest BCUT2D eigenvalue weighted by molar-refractivity contribution is 5.80. The first kappa shape index (κ1) is 32.4. The van der Waals surface area contributed by atoms with E-state index in [9.17, 15) is 19.4 Å². The number of pyridine rings is 1. The molecule has 1 heterocycles. The highest BCUT2D eigenvalue weighted by atomic mass is 19.1. The smallest absolute Gasteiger partial charge is 0.310 e. The van der Waals surface area contributed by atoms with Crippen LogP contribution in [-0.4, -0.2) is 44.6 Å². The minimum atomic E-state index is -1.18. The molecule has 6 rings (SSSR count). The summed E-state index contributed by atoms with van der Waals surface area (Å²) < 4.78 is 47.7. The molecule has 6 atom stereocenters. The van der Waals surface area contributed by atoms with Crippen molar-refractivity contribution in [3.63, 3.8) is 0 Å². The molecule has 0 radical (unpaired) electrons.